The predicted molar refractivity (Wildman–Crippen MR) is 198 cm³/mol. The summed E-state index contributed by atoms with van der Waals surface area (Å²) in [6, 6.07) is 23.4. The molecule has 0 saturated heterocycles. The summed E-state index contributed by atoms with van der Waals surface area (Å²) in [5.74, 6) is 2.66. The number of rotatable bonds is 12. The highest BCUT2D eigenvalue weighted by molar-refractivity contribution is 5.84. The van der Waals surface area contributed by atoms with Gasteiger partial charge in [0.15, 0.2) is 0 Å². The van der Waals surface area contributed by atoms with Gasteiger partial charge < -0.3 is 5.32 Å². The number of anilines is 1. The van der Waals surface area contributed by atoms with E-state index in [-0.39, 0.29) is 0 Å². The van der Waals surface area contributed by atoms with Gasteiger partial charge >= 0.3 is 0 Å². The Kier molecular flexibility index (Phi) is 11.3. The van der Waals surface area contributed by atoms with Crippen LogP contribution in [0.2, 0.25) is 0 Å². The summed E-state index contributed by atoms with van der Waals surface area (Å²) in [6.45, 7) is 28.9. The number of hydrogen-bond acceptors (Lipinski definition) is 2. The van der Waals surface area contributed by atoms with Crippen LogP contribution < -0.4 is 5.32 Å². The second-order valence-electron chi connectivity index (χ2n) is 14.9. The fourth-order valence-corrected chi connectivity index (χ4v) is 6.48. The Morgan fingerprint density at radius 1 is 0.511 bits per heavy atom. The minimum Gasteiger partial charge on any atom is -0.385 e. The van der Waals surface area contributed by atoms with Crippen LogP contribution in [0.3, 0.4) is 0 Å². The first-order valence-electron chi connectivity index (χ1n) is 17.4. The van der Waals surface area contributed by atoms with E-state index < -0.39 is 0 Å². The van der Waals surface area contributed by atoms with Crippen LogP contribution in [0.5, 0.6) is 0 Å². The van der Waals surface area contributed by atoms with Crippen molar-refractivity contribution in [3.63, 3.8) is 0 Å². The lowest BCUT2D eigenvalue weighted by atomic mass is 9.79. The number of aromatic nitrogens is 1. The average molecular weight is 603 g/mol. The van der Waals surface area contributed by atoms with Crippen LogP contribution in [0.25, 0.3) is 22.3 Å². The topological polar surface area (TPSA) is 24.9 Å². The monoisotopic (exact) mass is 602 g/mol. The van der Waals surface area contributed by atoms with Crippen LogP contribution >= 0.6 is 0 Å². The first kappa shape index (κ1) is 34.5. The zero-order valence-electron chi connectivity index (χ0n) is 30.2. The normalized spacial score (nSPS) is 12.0. The van der Waals surface area contributed by atoms with E-state index in [0.717, 1.165) is 18.7 Å². The Morgan fingerprint density at radius 2 is 0.933 bits per heavy atom. The molecule has 0 bridgehead atoms. The van der Waals surface area contributed by atoms with Crippen LogP contribution in [0.4, 0.5) is 5.69 Å². The van der Waals surface area contributed by atoms with E-state index in [1.165, 1.54) is 61.3 Å². The molecule has 1 aromatic heterocycles. The molecular formula is C43H58N2. The van der Waals surface area contributed by atoms with Crippen LogP contribution in [0.1, 0.15) is 158 Å². The highest BCUT2D eigenvalue weighted by Gasteiger charge is 2.23. The Morgan fingerprint density at radius 3 is 1.27 bits per heavy atom. The zero-order chi connectivity index (χ0) is 33.0. The van der Waals surface area contributed by atoms with E-state index >= 15 is 0 Å². The summed E-state index contributed by atoms with van der Waals surface area (Å²) < 4.78 is 0. The van der Waals surface area contributed by atoms with Gasteiger partial charge in [-0.05, 0) is 121 Å². The molecule has 4 rings (SSSR count). The lowest BCUT2D eigenvalue weighted by Gasteiger charge is -2.26. The van der Waals surface area contributed by atoms with Gasteiger partial charge in [-0.15, -0.1) is 0 Å². The van der Waals surface area contributed by atoms with Crippen molar-refractivity contribution in [2.75, 3.05) is 11.9 Å². The molecule has 0 saturated carbocycles. The number of pyridine rings is 1. The van der Waals surface area contributed by atoms with E-state index in [2.05, 4.69) is 148 Å². The van der Waals surface area contributed by atoms with Gasteiger partial charge in [-0.25, -0.2) is 0 Å². The zero-order valence-corrected chi connectivity index (χ0v) is 30.2. The molecule has 0 spiro atoms. The quantitative estimate of drug-likeness (QED) is 0.174. The second kappa shape index (κ2) is 14.8. The van der Waals surface area contributed by atoms with Crippen molar-refractivity contribution < 1.29 is 0 Å². The molecule has 0 aliphatic carbocycles. The van der Waals surface area contributed by atoms with Gasteiger partial charge in [0.05, 0.1) is 0 Å². The highest BCUT2D eigenvalue weighted by Crippen LogP contribution is 2.44. The van der Waals surface area contributed by atoms with E-state index in [1.807, 2.05) is 12.3 Å². The van der Waals surface area contributed by atoms with Gasteiger partial charge in [-0.2, -0.15) is 0 Å². The molecule has 4 aromatic rings. The Balaban J connectivity index is 2.02. The molecule has 1 heterocycles. The van der Waals surface area contributed by atoms with Crippen molar-refractivity contribution in [2.24, 2.45) is 0 Å². The van der Waals surface area contributed by atoms with Gasteiger partial charge in [0.1, 0.15) is 0 Å². The minimum atomic E-state index is 0.420. The van der Waals surface area contributed by atoms with Gasteiger partial charge in [0.2, 0.25) is 0 Å². The maximum absolute atomic E-state index is 4.57. The summed E-state index contributed by atoms with van der Waals surface area (Å²) in [4.78, 5) is 4.57. The van der Waals surface area contributed by atoms with Gasteiger partial charge in [0, 0.05) is 30.5 Å². The molecule has 0 fully saturated rings. The molecule has 1 N–H and O–H groups in total. The average Bonchev–Trinajstić information content (AvgIpc) is 2.99. The van der Waals surface area contributed by atoms with Crippen molar-refractivity contribution >= 4 is 5.69 Å². The molecule has 0 aliphatic heterocycles. The van der Waals surface area contributed by atoms with Gasteiger partial charge in [0.25, 0.3) is 0 Å². The summed E-state index contributed by atoms with van der Waals surface area (Å²) in [7, 11) is 0. The van der Waals surface area contributed by atoms with Crippen molar-refractivity contribution in [2.45, 2.75) is 125 Å². The molecule has 3 aromatic carbocycles. The van der Waals surface area contributed by atoms with Gasteiger partial charge in [-0.3, -0.25) is 4.98 Å². The number of benzene rings is 3. The van der Waals surface area contributed by atoms with E-state index in [4.69, 9.17) is 0 Å². The molecular weight excluding hydrogens is 544 g/mol. The molecule has 2 nitrogen and oxygen atoms in total. The van der Waals surface area contributed by atoms with Crippen LogP contribution in [0.15, 0.2) is 66.9 Å². The first-order valence-corrected chi connectivity index (χ1v) is 17.4. The van der Waals surface area contributed by atoms with Crippen LogP contribution in [0, 0.1) is 0 Å². The molecule has 45 heavy (non-hydrogen) atoms. The Bertz CT molecular complexity index is 1420. The fourth-order valence-electron chi connectivity index (χ4n) is 6.48. The maximum atomic E-state index is 4.57. The standard InChI is InChI=1S/C43H58N2/c1-26(2)32-22-38(28(5)6)42(39(23-32)29(7)8)34-19-35(21-37(20-34)45-18-16-36-15-13-14-17-44-36)43-40(30(9)10)24-33(27(3)4)25-41(43)31(11)12/h13-15,17,19-31,45H,16,18H2,1-12H3. The predicted octanol–water partition coefficient (Wildman–Crippen LogP) is 12.8. The molecule has 0 atom stereocenters. The lowest BCUT2D eigenvalue weighted by Crippen LogP contribution is -2.08. The third-order valence-electron chi connectivity index (χ3n) is 9.21. The summed E-state index contributed by atoms with van der Waals surface area (Å²) in [6.07, 6.45) is 2.77. The van der Waals surface area contributed by atoms with Gasteiger partial charge in [-0.1, -0.05) is 113 Å². The smallest absolute Gasteiger partial charge is 0.0421 e. The SMILES string of the molecule is CC(C)c1cc(C(C)C)c(-c2cc(NCCc3ccccn3)cc(-c3c(C(C)C)cc(C(C)C)cc3C(C)C)c2)c(C(C)C)c1. The van der Waals surface area contributed by atoms with Crippen molar-refractivity contribution in [3.05, 3.63) is 106 Å². The fraction of sp³-hybridized carbons (Fsp3) is 0.465. The van der Waals surface area contributed by atoms with Crippen molar-refractivity contribution in [3.8, 4) is 22.3 Å². The molecule has 0 radical (unpaired) electrons. The van der Waals surface area contributed by atoms with E-state index in [0.29, 0.717) is 35.5 Å². The Hall–Kier alpha value is -3.39. The van der Waals surface area contributed by atoms with Crippen LogP contribution in [-0.4, -0.2) is 11.5 Å². The maximum Gasteiger partial charge on any atom is 0.0421 e. The van der Waals surface area contributed by atoms with E-state index in [9.17, 15) is 0 Å². The second-order valence-corrected chi connectivity index (χ2v) is 14.9. The lowest BCUT2D eigenvalue weighted by molar-refractivity contribution is 0.807. The van der Waals surface area contributed by atoms with E-state index in [1.54, 1.807) is 0 Å². The first-order chi connectivity index (χ1) is 21.3. The molecule has 0 unspecified atom stereocenters. The highest BCUT2D eigenvalue weighted by atomic mass is 14.9. The largest absolute Gasteiger partial charge is 0.385 e. The third kappa shape index (κ3) is 8.07. The molecule has 2 heteroatoms. The molecule has 0 aliphatic rings. The van der Waals surface area contributed by atoms with Crippen LogP contribution in [-0.2, 0) is 6.42 Å². The summed E-state index contributed by atoms with van der Waals surface area (Å²) in [5, 5.41) is 3.83. The summed E-state index contributed by atoms with van der Waals surface area (Å²) >= 11 is 0. The number of nitrogens with zero attached hydrogens (tertiary/aromatic N) is 1. The Labute approximate surface area is 275 Å². The number of hydrogen-bond donors (Lipinski definition) is 1. The van der Waals surface area contributed by atoms with Crippen molar-refractivity contribution in [1.29, 1.82) is 0 Å². The minimum absolute atomic E-state index is 0.420. The van der Waals surface area contributed by atoms with Crippen molar-refractivity contribution in [1.82, 2.24) is 4.98 Å². The number of nitrogens with one attached hydrogen (secondary N) is 1. The third-order valence-corrected chi connectivity index (χ3v) is 9.21. The summed E-state index contributed by atoms with van der Waals surface area (Å²) in [5.41, 5.74) is 16.4. The molecule has 240 valence electrons. The molecule has 0 amide bonds.